The molecule has 6 nitrogen and oxygen atoms in total. The van der Waals surface area contributed by atoms with Crippen molar-refractivity contribution in [3.05, 3.63) is 48.5 Å². The molecule has 0 aromatic heterocycles. The molecule has 0 saturated heterocycles. The van der Waals surface area contributed by atoms with E-state index in [4.69, 9.17) is 0 Å². The summed E-state index contributed by atoms with van der Waals surface area (Å²) in [4.78, 5) is 11.2. The van der Waals surface area contributed by atoms with Crippen LogP contribution in [0.2, 0.25) is 0 Å². The number of sulfonamides is 1. The summed E-state index contributed by atoms with van der Waals surface area (Å²) in [7, 11) is -2.44. The van der Waals surface area contributed by atoms with Crippen molar-refractivity contribution >= 4 is 27.3 Å². The normalized spacial score (nSPS) is 11.0. The third-order valence-corrected chi connectivity index (χ3v) is 4.89. The van der Waals surface area contributed by atoms with Crippen molar-refractivity contribution in [1.29, 1.82) is 0 Å². The largest absolute Gasteiger partial charge is 0.508 e. The zero-order valence-corrected chi connectivity index (χ0v) is 13.0. The monoisotopic (exact) mass is 320 g/mol. The van der Waals surface area contributed by atoms with Gasteiger partial charge in [0, 0.05) is 14.0 Å². The van der Waals surface area contributed by atoms with Crippen LogP contribution < -0.4 is 9.62 Å². The molecule has 2 rings (SSSR count). The molecule has 0 aliphatic heterocycles. The third-order valence-electron chi connectivity index (χ3n) is 3.05. The Hall–Kier alpha value is -2.54. The van der Waals surface area contributed by atoms with E-state index in [1.54, 1.807) is 12.1 Å². The first-order valence-corrected chi connectivity index (χ1v) is 7.91. The summed E-state index contributed by atoms with van der Waals surface area (Å²) in [6, 6.07) is 12.0. The number of hydrogen-bond acceptors (Lipinski definition) is 4. The molecule has 0 radical (unpaired) electrons. The number of rotatable bonds is 4. The topological polar surface area (TPSA) is 86.7 Å². The van der Waals surface area contributed by atoms with Gasteiger partial charge >= 0.3 is 0 Å². The Morgan fingerprint density at radius 1 is 1.09 bits per heavy atom. The van der Waals surface area contributed by atoms with Crippen LogP contribution in [0.3, 0.4) is 0 Å². The standard InChI is InChI=1S/C15H16N2O4S/c1-11(18)16-14-5-3-4-6-15(14)22(20,21)17(2)12-7-9-13(19)10-8-12/h3-10,19H,1-2H3,(H,16,18). The number of nitrogens with zero attached hydrogens (tertiary/aromatic N) is 1. The van der Waals surface area contributed by atoms with Gasteiger partial charge in [-0.15, -0.1) is 0 Å². The second-order valence-corrected chi connectivity index (χ2v) is 6.60. The van der Waals surface area contributed by atoms with Crippen LogP contribution in [0.1, 0.15) is 6.92 Å². The average molecular weight is 320 g/mol. The Labute approximate surface area is 129 Å². The first kappa shape index (κ1) is 15.8. The number of benzene rings is 2. The van der Waals surface area contributed by atoms with Crippen LogP contribution in [0.4, 0.5) is 11.4 Å². The van der Waals surface area contributed by atoms with Gasteiger partial charge in [0.25, 0.3) is 10.0 Å². The zero-order valence-electron chi connectivity index (χ0n) is 12.1. The molecule has 1 amide bonds. The number of nitrogens with one attached hydrogen (secondary N) is 1. The predicted octanol–water partition coefficient (Wildman–Crippen LogP) is 2.18. The van der Waals surface area contributed by atoms with Gasteiger partial charge in [-0.1, -0.05) is 12.1 Å². The van der Waals surface area contributed by atoms with E-state index in [0.29, 0.717) is 5.69 Å². The molecular weight excluding hydrogens is 304 g/mol. The Morgan fingerprint density at radius 2 is 1.68 bits per heavy atom. The van der Waals surface area contributed by atoms with Gasteiger partial charge in [-0.2, -0.15) is 0 Å². The lowest BCUT2D eigenvalue weighted by atomic mass is 10.3. The summed E-state index contributed by atoms with van der Waals surface area (Å²) < 4.78 is 26.6. The minimum absolute atomic E-state index is 0.000718. The third kappa shape index (κ3) is 3.20. The summed E-state index contributed by atoms with van der Waals surface area (Å²) in [6.45, 7) is 1.31. The van der Waals surface area contributed by atoms with E-state index in [2.05, 4.69) is 5.32 Å². The lowest BCUT2D eigenvalue weighted by Gasteiger charge is -2.21. The summed E-state index contributed by atoms with van der Waals surface area (Å²) in [5.41, 5.74) is 0.621. The van der Waals surface area contributed by atoms with E-state index in [0.717, 1.165) is 4.31 Å². The highest BCUT2D eigenvalue weighted by atomic mass is 32.2. The second kappa shape index (κ2) is 6.07. The fraction of sp³-hybridized carbons (Fsp3) is 0.133. The van der Waals surface area contributed by atoms with Crippen molar-refractivity contribution in [2.24, 2.45) is 0 Å². The van der Waals surface area contributed by atoms with E-state index in [1.165, 1.54) is 50.4 Å². The molecule has 2 aromatic rings. The molecule has 0 fully saturated rings. The van der Waals surface area contributed by atoms with Crippen molar-refractivity contribution in [3.63, 3.8) is 0 Å². The lowest BCUT2D eigenvalue weighted by Crippen LogP contribution is -2.27. The van der Waals surface area contributed by atoms with Crippen molar-refractivity contribution < 1.29 is 18.3 Å². The van der Waals surface area contributed by atoms with Gasteiger partial charge in [0.2, 0.25) is 5.91 Å². The number of para-hydroxylation sites is 1. The van der Waals surface area contributed by atoms with Crippen LogP contribution in [-0.2, 0) is 14.8 Å². The van der Waals surface area contributed by atoms with Crippen LogP contribution in [0.5, 0.6) is 5.75 Å². The first-order chi connectivity index (χ1) is 10.3. The Morgan fingerprint density at radius 3 is 2.27 bits per heavy atom. The quantitative estimate of drug-likeness (QED) is 0.904. The fourth-order valence-electron chi connectivity index (χ4n) is 1.93. The first-order valence-electron chi connectivity index (χ1n) is 6.47. The van der Waals surface area contributed by atoms with Crippen molar-refractivity contribution in [3.8, 4) is 5.75 Å². The number of hydrogen-bond donors (Lipinski definition) is 2. The lowest BCUT2D eigenvalue weighted by molar-refractivity contribution is -0.114. The summed E-state index contributed by atoms with van der Waals surface area (Å²) in [6.07, 6.45) is 0. The summed E-state index contributed by atoms with van der Waals surface area (Å²) in [5, 5.41) is 11.8. The molecule has 2 aromatic carbocycles. The highest BCUT2D eigenvalue weighted by Gasteiger charge is 2.24. The molecule has 0 aliphatic carbocycles. The zero-order chi connectivity index (χ0) is 16.3. The number of anilines is 2. The molecule has 0 aliphatic rings. The molecule has 0 unspecified atom stereocenters. The number of amides is 1. The number of aromatic hydroxyl groups is 1. The smallest absolute Gasteiger partial charge is 0.266 e. The number of carbonyl (C=O) groups excluding carboxylic acids is 1. The van der Waals surface area contributed by atoms with Crippen LogP contribution in [-0.4, -0.2) is 26.5 Å². The molecule has 22 heavy (non-hydrogen) atoms. The van der Waals surface area contributed by atoms with Gasteiger partial charge in [0.1, 0.15) is 10.6 Å². The van der Waals surface area contributed by atoms with Gasteiger partial charge in [0.15, 0.2) is 0 Å². The van der Waals surface area contributed by atoms with Gasteiger partial charge in [-0.3, -0.25) is 9.10 Å². The maximum atomic E-state index is 12.7. The number of phenolic OH excluding ortho intramolecular Hbond substituents is 1. The predicted molar refractivity (Wildman–Crippen MR) is 84.4 cm³/mol. The van der Waals surface area contributed by atoms with Crippen molar-refractivity contribution in [1.82, 2.24) is 0 Å². The SMILES string of the molecule is CC(=O)Nc1ccccc1S(=O)(=O)N(C)c1ccc(O)cc1. The van der Waals surface area contributed by atoms with Gasteiger partial charge in [-0.05, 0) is 36.4 Å². The molecule has 0 bridgehead atoms. The van der Waals surface area contributed by atoms with E-state index in [-0.39, 0.29) is 22.2 Å². The van der Waals surface area contributed by atoms with Crippen molar-refractivity contribution in [2.75, 3.05) is 16.7 Å². The molecular formula is C15H16N2O4S. The maximum absolute atomic E-state index is 12.7. The molecule has 0 spiro atoms. The average Bonchev–Trinajstić information content (AvgIpc) is 2.47. The minimum Gasteiger partial charge on any atom is -0.508 e. The Bertz CT molecular complexity index is 785. The highest BCUT2D eigenvalue weighted by molar-refractivity contribution is 7.93. The van der Waals surface area contributed by atoms with Gasteiger partial charge in [-0.25, -0.2) is 8.42 Å². The summed E-state index contributed by atoms with van der Waals surface area (Å²) >= 11 is 0. The second-order valence-electron chi connectivity index (χ2n) is 4.67. The molecule has 0 saturated carbocycles. The molecule has 7 heteroatoms. The van der Waals surface area contributed by atoms with Gasteiger partial charge in [0.05, 0.1) is 11.4 Å². The fourth-order valence-corrected chi connectivity index (χ4v) is 3.28. The maximum Gasteiger partial charge on any atom is 0.266 e. The molecule has 0 heterocycles. The van der Waals surface area contributed by atoms with Crippen molar-refractivity contribution in [2.45, 2.75) is 11.8 Å². The van der Waals surface area contributed by atoms with Crippen LogP contribution >= 0.6 is 0 Å². The van der Waals surface area contributed by atoms with E-state index in [1.807, 2.05) is 0 Å². The highest BCUT2D eigenvalue weighted by Crippen LogP contribution is 2.28. The van der Waals surface area contributed by atoms with E-state index >= 15 is 0 Å². The Balaban J connectivity index is 2.46. The molecule has 0 atom stereocenters. The summed E-state index contributed by atoms with van der Waals surface area (Å²) in [5.74, 6) is -0.303. The van der Waals surface area contributed by atoms with Crippen LogP contribution in [0.15, 0.2) is 53.4 Å². The molecule has 116 valence electrons. The number of carbonyl (C=O) groups is 1. The molecule has 2 N–H and O–H groups in total. The van der Waals surface area contributed by atoms with Crippen LogP contribution in [0, 0.1) is 0 Å². The Kier molecular flexibility index (Phi) is 4.37. The van der Waals surface area contributed by atoms with Gasteiger partial charge < -0.3 is 10.4 Å². The van der Waals surface area contributed by atoms with Crippen LogP contribution in [0.25, 0.3) is 0 Å². The minimum atomic E-state index is -3.84. The van der Waals surface area contributed by atoms with E-state index in [9.17, 15) is 18.3 Å². The van der Waals surface area contributed by atoms with E-state index < -0.39 is 10.0 Å². The number of phenols is 1.